The topological polar surface area (TPSA) is 101 Å². The van der Waals surface area contributed by atoms with Crippen molar-refractivity contribution in [3.63, 3.8) is 0 Å². The number of rotatable bonds is 7. The molecule has 6 nitrogen and oxygen atoms in total. The van der Waals surface area contributed by atoms with Crippen LogP contribution >= 0.6 is 0 Å². The Morgan fingerprint density at radius 1 is 1.35 bits per heavy atom. The summed E-state index contributed by atoms with van der Waals surface area (Å²) in [6.07, 6.45) is 1.76. The molecule has 0 heterocycles. The highest BCUT2D eigenvalue weighted by Crippen LogP contribution is 2.17. The maximum atomic E-state index is 11.5. The molecule has 0 saturated heterocycles. The Labute approximate surface area is 103 Å². The lowest BCUT2D eigenvalue weighted by atomic mass is 9.96. The van der Waals surface area contributed by atoms with E-state index in [9.17, 15) is 9.59 Å². The van der Waals surface area contributed by atoms with Gasteiger partial charge < -0.3 is 11.5 Å². The monoisotopic (exact) mass is 244 g/mol. The second-order valence-electron chi connectivity index (χ2n) is 4.39. The van der Waals surface area contributed by atoms with Crippen LogP contribution in [-0.2, 0) is 4.79 Å². The first kappa shape index (κ1) is 15.9. The lowest BCUT2D eigenvalue weighted by Gasteiger charge is -2.39. The van der Waals surface area contributed by atoms with Crippen LogP contribution in [0.4, 0.5) is 4.79 Å². The highest BCUT2D eigenvalue weighted by Gasteiger charge is 2.29. The molecular weight excluding hydrogens is 220 g/mol. The normalized spacial score (nSPS) is 14.4. The molecular formula is C11H24N4O2. The molecule has 0 radical (unpaired) electrons. The summed E-state index contributed by atoms with van der Waals surface area (Å²) in [5.41, 5.74) is 10.4. The number of imide groups is 1. The van der Waals surface area contributed by atoms with Gasteiger partial charge in [0, 0.05) is 12.1 Å². The number of amides is 3. The lowest BCUT2D eigenvalue weighted by Crippen LogP contribution is -2.55. The number of nitrogens with two attached hydrogens (primary N) is 2. The molecule has 0 bridgehead atoms. The zero-order valence-corrected chi connectivity index (χ0v) is 11.0. The third-order valence-electron chi connectivity index (χ3n) is 3.06. The SMILES string of the molecule is CCCN(CC(=O)NC(N)=O)C(C)(CC)CN. The van der Waals surface area contributed by atoms with Crippen LogP contribution in [-0.4, -0.2) is 42.0 Å². The Kier molecular flexibility index (Phi) is 6.75. The number of primary amides is 1. The Hall–Kier alpha value is -1.14. The Morgan fingerprint density at radius 2 is 1.94 bits per heavy atom. The average Bonchev–Trinajstić information content (AvgIpc) is 2.26. The van der Waals surface area contributed by atoms with Crippen molar-refractivity contribution in [1.29, 1.82) is 0 Å². The highest BCUT2D eigenvalue weighted by molar-refractivity contribution is 5.94. The summed E-state index contributed by atoms with van der Waals surface area (Å²) in [6, 6.07) is -0.822. The van der Waals surface area contributed by atoms with E-state index >= 15 is 0 Å². The number of carbonyl (C=O) groups is 2. The van der Waals surface area contributed by atoms with Gasteiger partial charge in [-0.15, -0.1) is 0 Å². The van der Waals surface area contributed by atoms with Crippen molar-refractivity contribution in [1.82, 2.24) is 10.2 Å². The predicted molar refractivity (Wildman–Crippen MR) is 67.3 cm³/mol. The summed E-state index contributed by atoms with van der Waals surface area (Å²) in [5.74, 6) is -0.390. The van der Waals surface area contributed by atoms with Gasteiger partial charge in [0.15, 0.2) is 0 Å². The van der Waals surface area contributed by atoms with Crippen LogP contribution in [0.5, 0.6) is 0 Å². The molecule has 0 aliphatic heterocycles. The molecule has 3 amide bonds. The number of nitrogens with one attached hydrogen (secondary N) is 1. The molecule has 0 spiro atoms. The van der Waals surface area contributed by atoms with Gasteiger partial charge in [-0.1, -0.05) is 13.8 Å². The van der Waals surface area contributed by atoms with Gasteiger partial charge in [0.05, 0.1) is 6.54 Å². The molecule has 6 heteroatoms. The van der Waals surface area contributed by atoms with Crippen LogP contribution in [0, 0.1) is 0 Å². The average molecular weight is 244 g/mol. The number of urea groups is 1. The first-order chi connectivity index (χ1) is 7.89. The van der Waals surface area contributed by atoms with Crippen molar-refractivity contribution in [2.24, 2.45) is 11.5 Å². The van der Waals surface area contributed by atoms with Crippen molar-refractivity contribution < 1.29 is 9.59 Å². The van der Waals surface area contributed by atoms with E-state index in [1.165, 1.54) is 0 Å². The fraction of sp³-hybridized carbons (Fsp3) is 0.818. The summed E-state index contributed by atoms with van der Waals surface area (Å²) < 4.78 is 0. The third kappa shape index (κ3) is 5.14. The standard InChI is InChI=1S/C11H24N4O2/c1-4-6-15(11(3,5-2)8-12)7-9(16)14-10(13)17/h4-8,12H2,1-3H3,(H3,13,14,16,17). The van der Waals surface area contributed by atoms with E-state index in [-0.39, 0.29) is 18.0 Å². The smallest absolute Gasteiger partial charge is 0.318 e. The number of nitrogens with zero attached hydrogens (tertiary/aromatic N) is 1. The Morgan fingerprint density at radius 3 is 2.29 bits per heavy atom. The molecule has 0 fully saturated rings. The second-order valence-corrected chi connectivity index (χ2v) is 4.39. The van der Waals surface area contributed by atoms with Gasteiger partial charge in [-0.25, -0.2) is 4.79 Å². The minimum Gasteiger partial charge on any atom is -0.351 e. The predicted octanol–water partition coefficient (Wildman–Crippen LogP) is 0.0207. The van der Waals surface area contributed by atoms with Gasteiger partial charge in [0.2, 0.25) is 5.91 Å². The minimum atomic E-state index is -0.822. The van der Waals surface area contributed by atoms with Crippen LogP contribution in [0.2, 0.25) is 0 Å². The Bertz CT molecular complexity index is 264. The van der Waals surface area contributed by atoms with Crippen molar-refractivity contribution in [3.05, 3.63) is 0 Å². The molecule has 0 saturated carbocycles. The first-order valence-corrected chi connectivity index (χ1v) is 5.94. The summed E-state index contributed by atoms with van der Waals surface area (Å²) in [4.78, 5) is 24.1. The quantitative estimate of drug-likeness (QED) is 0.587. The van der Waals surface area contributed by atoms with E-state index in [1.54, 1.807) is 0 Å². The molecule has 5 N–H and O–H groups in total. The molecule has 0 aliphatic rings. The van der Waals surface area contributed by atoms with Crippen molar-refractivity contribution >= 4 is 11.9 Å². The lowest BCUT2D eigenvalue weighted by molar-refractivity contribution is -0.122. The summed E-state index contributed by atoms with van der Waals surface area (Å²) in [5, 5.41) is 2.07. The molecule has 1 atom stereocenters. The molecule has 0 aromatic rings. The van der Waals surface area contributed by atoms with Gasteiger partial charge in [-0.3, -0.25) is 15.0 Å². The second kappa shape index (κ2) is 7.24. The van der Waals surface area contributed by atoms with Gasteiger partial charge >= 0.3 is 6.03 Å². The highest BCUT2D eigenvalue weighted by atomic mass is 16.2. The van der Waals surface area contributed by atoms with Crippen molar-refractivity contribution in [2.75, 3.05) is 19.6 Å². The Balaban J connectivity index is 4.62. The van der Waals surface area contributed by atoms with Crippen LogP contribution < -0.4 is 16.8 Å². The molecule has 17 heavy (non-hydrogen) atoms. The fourth-order valence-corrected chi connectivity index (χ4v) is 1.66. The molecule has 0 aliphatic carbocycles. The van der Waals surface area contributed by atoms with Crippen LogP contribution in [0.25, 0.3) is 0 Å². The number of hydrogen-bond acceptors (Lipinski definition) is 4. The van der Waals surface area contributed by atoms with E-state index in [0.717, 1.165) is 19.4 Å². The minimum absolute atomic E-state index is 0.137. The molecule has 100 valence electrons. The van der Waals surface area contributed by atoms with Gasteiger partial charge in [-0.2, -0.15) is 0 Å². The van der Waals surface area contributed by atoms with E-state index in [0.29, 0.717) is 6.54 Å². The summed E-state index contributed by atoms with van der Waals surface area (Å²) in [6.45, 7) is 7.44. The number of hydrogen-bond donors (Lipinski definition) is 3. The van der Waals surface area contributed by atoms with E-state index in [4.69, 9.17) is 11.5 Å². The maximum absolute atomic E-state index is 11.5. The van der Waals surface area contributed by atoms with Gasteiger partial charge in [0.25, 0.3) is 0 Å². The molecule has 0 rings (SSSR count). The summed E-state index contributed by atoms with van der Waals surface area (Å²) >= 11 is 0. The zero-order valence-electron chi connectivity index (χ0n) is 11.0. The zero-order chi connectivity index (χ0) is 13.5. The molecule has 0 aromatic heterocycles. The fourth-order valence-electron chi connectivity index (χ4n) is 1.66. The van der Waals surface area contributed by atoms with E-state index in [1.807, 2.05) is 25.7 Å². The number of carbonyl (C=O) groups excluding carboxylic acids is 2. The van der Waals surface area contributed by atoms with Gasteiger partial charge in [-0.05, 0) is 26.3 Å². The van der Waals surface area contributed by atoms with Crippen molar-refractivity contribution in [2.45, 2.75) is 39.2 Å². The molecule has 1 unspecified atom stereocenters. The van der Waals surface area contributed by atoms with E-state index in [2.05, 4.69) is 5.32 Å². The third-order valence-corrected chi connectivity index (χ3v) is 3.06. The maximum Gasteiger partial charge on any atom is 0.318 e. The van der Waals surface area contributed by atoms with Gasteiger partial charge in [0.1, 0.15) is 0 Å². The molecule has 0 aromatic carbocycles. The van der Waals surface area contributed by atoms with E-state index < -0.39 is 6.03 Å². The van der Waals surface area contributed by atoms with Crippen LogP contribution in [0.1, 0.15) is 33.6 Å². The first-order valence-electron chi connectivity index (χ1n) is 5.94. The van der Waals surface area contributed by atoms with Crippen LogP contribution in [0.3, 0.4) is 0 Å². The summed E-state index contributed by atoms with van der Waals surface area (Å²) in [7, 11) is 0. The van der Waals surface area contributed by atoms with Crippen LogP contribution in [0.15, 0.2) is 0 Å². The van der Waals surface area contributed by atoms with Crippen molar-refractivity contribution in [3.8, 4) is 0 Å². The largest absolute Gasteiger partial charge is 0.351 e.